The first kappa shape index (κ1) is 14.7. The van der Waals surface area contributed by atoms with E-state index in [0.29, 0.717) is 18.3 Å². The minimum absolute atomic E-state index is 0.305. The fourth-order valence-corrected chi connectivity index (χ4v) is 2.50. The third kappa shape index (κ3) is 5.19. The van der Waals surface area contributed by atoms with Gasteiger partial charge in [0, 0.05) is 6.04 Å². The molecule has 1 aliphatic carbocycles. The minimum Gasteiger partial charge on any atom is -0.390 e. The molecule has 0 fully saturated rings. The Balaban J connectivity index is 2.34. The smallest absolute Gasteiger partial charge is 0.0949 e. The first-order valence-corrected chi connectivity index (χ1v) is 6.77. The Morgan fingerprint density at radius 2 is 2.00 bits per heavy atom. The summed E-state index contributed by atoms with van der Waals surface area (Å²) in [6, 6.07) is -0.305. The summed E-state index contributed by atoms with van der Waals surface area (Å²) in [6.45, 7) is 4.07. The van der Waals surface area contributed by atoms with E-state index >= 15 is 0 Å². The van der Waals surface area contributed by atoms with Gasteiger partial charge in [-0.15, -0.1) is 0 Å². The molecule has 17 heavy (non-hydrogen) atoms. The number of hydrogen-bond donors (Lipinski definition) is 3. The molecule has 0 amide bonds. The van der Waals surface area contributed by atoms with Crippen LogP contribution >= 0.6 is 0 Å². The van der Waals surface area contributed by atoms with Crippen molar-refractivity contribution in [2.75, 3.05) is 0 Å². The van der Waals surface area contributed by atoms with E-state index in [1.165, 1.54) is 0 Å². The monoisotopic (exact) mass is 241 g/mol. The highest BCUT2D eigenvalue weighted by Crippen LogP contribution is 2.24. The van der Waals surface area contributed by atoms with Crippen molar-refractivity contribution < 1.29 is 10.2 Å². The summed E-state index contributed by atoms with van der Waals surface area (Å²) in [4.78, 5) is 0. The van der Waals surface area contributed by atoms with E-state index in [2.05, 4.69) is 12.2 Å². The van der Waals surface area contributed by atoms with Crippen LogP contribution in [0.3, 0.4) is 0 Å². The molecule has 0 aromatic carbocycles. The Hall–Kier alpha value is -0.380. The summed E-state index contributed by atoms with van der Waals surface area (Å²) in [6.07, 6.45) is 7.65. The van der Waals surface area contributed by atoms with Crippen LogP contribution in [0.15, 0.2) is 12.2 Å². The second-order valence-electron chi connectivity index (χ2n) is 5.74. The molecule has 1 rings (SSSR count). The van der Waals surface area contributed by atoms with Crippen LogP contribution in [0.2, 0.25) is 0 Å². The summed E-state index contributed by atoms with van der Waals surface area (Å²) in [5.74, 6) is 0.945. The predicted molar refractivity (Wildman–Crippen MR) is 70.5 cm³/mol. The van der Waals surface area contributed by atoms with Gasteiger partial charge >= 0.3 is 0 Å². The van der Waals surface area contributed by atoms with Gasteiger partial charge in [0.1, 0.15) is 0 Å². The van der Waals surface area contributed by atoms with E-state index < -0.39 is 12.2 Å². The second-order valence-corrected chi connectivity index (χ2v) is 5.74. The number of nitrogens with two attached hydrogens (primary N) is 1. The maximum Gasteiger partial charge on any atom is 0.0949 e. The minimum atomic E-state index is -0.789. The zero-order chi connectivity index (χ0) is 12.8. The highest BCUT2D eigenvalue weighted by molar-refractivity contribution is 4.92. The Labute approximate surface area is 105 Å². The quantitative estimate of drug-likeness (QED) is 0.622. The fraction of sp³-hybridized carbons (Fsp3) is 0.857. The molecule has 4 atom stereocenters. The van der Waals surface area contributed by atoms with Gasteiger partial charge in [-0.3, -0.25) is 0 Å². The number of rotatable bonds is 6. The molecule has 0 saturated carbocycles. The van der Waals surface area contributed by atoms with Crippen molar-refractivity contribution in [2.24, 2.45) is 17.6 Å². The first-order chi connectivity index (χ1) is 8.00. The van der Waals surface area contributed by atoms with Crippen LogP contribution in [-0.2, 0) is 0 Å². The van der Waals surface area contributed by atoms with Gasteiger partial charge < -0.3 is 15.9 Å². The summed E-state index contributed by atoms with van der Waals surface area (Å²) < 4.78 is 0. The Kier molecular flexibility index (Phi) is 6.17. The van der Waals surface area contributed by atoms with Crippen molar-refractivity contribution in [1.82, 2.24) is 0 Å². The lowest BCUT2D eigenvalue weighted by molar-refractivity contribution is -0.0110. The topological polar surface area (TPSA) is 66.5 Å². The Bertz CT molecular complexity index is 240. The van der Waals surface area contributed by atoms with Crippen molar-refractivity contribution in [3.8, 4) is 0 Å². The molecule has 0 unspecified atom stereocenters. The Morgan fingerprint density at radius 3 is 2.53 bits per heavy atom. The lowest BCUT2D eigenvalue weighted by Crippen LogP contribution is -2.44. The molecule has 1 aliphatic rings. The maximum atomic E-state index is 9.97. The van der Waals surface area contributed by atoms with Crippen molar-refractivity contribution in [1.29, 1.82) is 0 Å². The SMILES string of the molecule is CC(C)C[C@H](O)[C@H](O)[C@@H](N)C[C@H]1CC=CCC1. The number of hydrogen-bond acceptors (Lipinski definition) is 3. The van der Waals surface area contributed by atoms with Gasteiger partial charge in [0.25, 0.3) is 0 Å². The average Bonchev–Trinajstić information content (AvgIpc) is 2.28. The molecular weight excluding hydrogens is 214 g/mol. The number of aliphatic hydroxyl groups excluding tert-OH is 2. The van der Waals surface area contributed by atoms with E-state index in [9.17, 15) is 10.2 Å². The van der Waals surface area contributed by atoms with E-state index in [1.807, 2.05) is 13.8 Å². The molecular formula is C14H27NO2. The van der Waals surface area contributed by atoms with Crippen LogP contribution in [0.25, 0.3) is 0 Å². The fourth-order valence-electron chi connectivity index (χ4n) is 2.50. The zero-order valence-electron chi connectivity index (χ0n) is 11.0. The van der Waals surface area contributed by atoms with Crippen molar-refractivity contribution >= 4 is 0 Å². The lowest BCUT2D eigenvalue weighted by Gasteiger charge is -2.28. The van der Waals surface area contributed by atoms with Gasteiger partial charge in [0.2, 0.25) is 0 Å². The molecule has 3 nitrogen and oxygen atoms in total. The van der Waals surface area contributed by atoms with Crippen LogP contribution in [0.5, 0.6) is 0 Å². The third-order valence-electron chi connectivity index (χ3n) is 3.53. The van der Waals surface area contributed by atoms with Gasteiger partial charge in [-0.25, -0.2) is 0 Å². The van der Waals surface area contributed by atoms with E-state index in [0.717, 1.165) is 25.7 Å². The van der Waals surface area contributed by atoms with Crippen molar-refractivity contribution in [2.45, 2.75) is 64.2 Å². The van der Waals surface area contributed by atoms with Gasteiger partial charge in [0.05, 0.1) is 12.2 Å². The van der Waals surface area contributed by atoms with Crippen LogP contribution in [-0.4, -0.2) is 28.5 Å². The average molecular weight is 241 g/mol. The molecule has 0 radical (unpaired) electrons. The highest BCUT2D eigenvalue weighted by Gasteiger charge is 2.26. The standard InChI is InChI=1S/C14H27NO2/c1-10(2)8-13(16)14(17)12(15)9-11-6-4-3-5-7-11/h3-4,10-14,16-17H,5-9,15H2,1-2H3/t11-,12-,13-,14+/m0/s1. The molecule has 0 heterocycles. The van der Waals surface area contributed by atoms with Gasteiger partial charge in [-0.05, 0) is 43.9 Å². The molecule has 0 aromatic rings. The van der Waals surface area contributed by atoms with E-state index in [-0.39, 0.29) is 6.04 Å². The number of aliphatic hydroxyl groups is 2. The number of allylic oxidation sites excluding steroid dienone is 2. The lowest BCUT2D eigenvalue weighted by atomic mass is 9.85. The van der Waals surface area contributed by atoms with Gasteiger partial charge in [0.15, 0.2) is 0 Å². The van der Waals surface area contributed by atoms with Crippen molar-refractivity contribution in [3.63, 3.8) is 0 Å². The second kappa shape index (κ2) is 7.14. The maximum absolute atomic E-state index is 9.97. The largest absolute Gasteiger partial charge is 0.390 e. The molecule has 4 N–H and O–H groups in total. The summed E-state index contributed by atoms with van der Waals surface area (Å²) in [5, 5.41) is 19.8. The summed E-state index contributed by atoms with van der Waals surface area (Å²) in [5.41, 5.74) is 5.99. The molecule has 0 bridgehead atoms. The predicted octanol–water partition coefficient (Wildman–Crippen LogP) is 1.83. The highest BCUT2D eigenvalue weighted by atomic mass is 16.3. The van der Waals surface area contributed by atoms with Gasteiger partial charge in [-0.1, -0.05) is 26.0 Å². The van der Waals surface area contributed by atoms with Crippen molar-refractivity contribution in [3.05, 3.63) is 12.2 Å². The molecule has 0 saturated heterocycles. The zero-order valence-corrected chi connectivity index (χ0v) is 11.0. The van der Waals surface area contributed by atoms with Crippen LogP contribution in [0, 0.1) is 11.8 Å². The first-order valence-electron chi connectivity index (χ1n) is 6.77. The molecule has 0 aliphatic heterocycles. The van der Waals surface area contributed by atoms with Crippen LogP contribution in [0.4, 0.5) is 0 Å². The molecule has 0 aromatic heterocycles. The summed E-state index contributed by atoms with van der Waals surface area (Å²) in [7, 11) is 0. The van der Waals surface area contributed by atoms with E-state index in [1.54, 1.807) is 0 Å². The third-order valence-corrected chi connectivity index (χ3v) is 3.53. The normalized spacial score (nSPS) is 25.9. The Morgan fingerprint density at radius 1 is 1.29 bits per heavy atom. The van der Waals surface area contributed by atoms with E-state index in [4.69, 9.17) is 5.73 Å². The summed E-state index contributed by atoms with van der Waals surface area (Å²) >= 11 is 0. The van der Waals surface area contributed by atoms with Gasteiger partial charge in [-0.2, -0.15) is 0 Å². The molecule has 3 heteroatoms. The molecule has 0 spiro atoms. The van der Waals surface area contributed by atoms with Crippen LogP contribution < -0.4 is 5.73 Å². The van der Waals surface area contributed by atoms with Crippen LogP contribution in [0.1, 0.15) is 46.0 Å². The molecule has 100 valence electrons.